The van der Waals surface area contributed by atoms with Crippen molar-refractivity contribution in [3.63, 3.8) is 0 Å². The van der Waals surface area contributed by atoms with Crippen LogP contribution in [0.2, 0.25) is 0 Å². The van der Waals surface area contributed by atoms with Crippen molar-refractivity contribution in [2.75, 3.05) is 20.8 Å². The van der Waals surface area contributed by atoms with Gasteiger partial charge in [-0.2, -0.15) is 13.2 Å². The van der Waals surface area contributed by atoms with Crippen LogP contribution in [0.25, 0.3) is 0 Å². The van der Waals surface area contributed by atoms with Crippen LogP contribution in [0, 0.1) is 11.3 Å². The van der Waals surface area contributed by atoms with E-state index in [9.17, 15) is 13.2 Å². The Morgan fingerprint density at radius 2 is 2.04 bits per heavy atom. The lowest BCUT2D eigenvalue weighted by atomic mass is 9.86. The molecule has 0 aliphatic heterocycles. The second kappa shape index (κ2) is 8.18. The molecule has 3 N–H and O–H groups in total. The van der Waals surface area contributed by atoms with Crippen LogP contribution in [0.1, 0.15) is 5.56 Å². The van der Waals surface area contributed by atoms with Gasteiger partial charge < -0.3 is 20.6 Å². The third-order valence-corrected chi connectivity index (χ3v) is 4.01. The summed E-state index contributed by atoms with van der Waals surface area (Å²) in [5, 5.41) is 8.12. The molecule has 0 saturated carbocycles. The lowest BCUT2D eigenvalue weighted by molar-refractivity contribution is -0.139. The molecule has 0 fully saturated rings. The van der Waals surface area contributed by atoms with E-state index in [4.69, 9.17) is 20.6 Å². The number of alkyl halides is 3. The number of aliphatic imine (C=N–C) groups is 1. The van der Waals surface area contributed by atoms with E-state index in [0.717, 1.165) is 6.07 Å². The zero-order valence-corrected chi connectivity index (χ0v) is 14.4. The van der Waals surface area contributed by atoms with Crippen molar-refractivity contribution in [3.05, 3.63) is 53.6 Å². The van der Waals surface area contributed by atoms with Gasteiger partial charge in [-0.25, -0.2) is 0 Å². The van der Waals surface area contributed by atoms with Crippen LogP contribution in [0.15, 0.2) is 53.1 Å². The molecule has 0 bridgehead atoms. The maximum atomic E-state index is 13.1. The highest BCUT2D eigenvalue weighted by Gasteiger charge is 2.35. The number of hydrogen-bond acceptors (Lipinski definition) is 4. The first-order valence-electron chi connectivity index (χ1n) is 7.80. The number of benzene rings is 1. The normalized spacial score (nSPS) is 19.3. The number of nitrogens with zero attached hydrogens (tertiary/aromatic N) is 1. The fraction of sp³-hybridized carbons (Fsp3) is 0.333. The summed E-state index contributed by atoms with van der Waals surface area (Å²) >= 11 is 0. The van der Waals surface area contributed by atoms with E-state index in [2.05, 4.69) is 4.99 Å². The van der Waals surface area contributed by atoms with Gasteiger partial charge in [0.1, 0.15) is 24.3 Å². The summed E-state index contributed by atoms with van der Waals surface area (Å²) in [5.74, 6) is -0.679. The van der Waals surface area contributed by atoms with Crippen LogP contribution in [-0.2, 0) is 10.9 Å². The quantitative estimate of drug-likeness (QED) is 0.598. The molecule has 26 heavy (non-hydrogen) atoms. The average Bonchev–Trinajstić information content (AvgIpc) is 2.61. The highest BCUT2D eigenvalue weighted by Crippen LogP contribution is 2.36. The van der Waals surface area contributed by atoms with Crippen LogP contribution < -0.4 is 10.5 Å². The van der Waals surface area contributed by atoms with Crippen molar-refractivity contribution in [2.45, 2.75) is 12.3 Å². The maximum absolute atomic E-state index is 13.1. The first kappa shape index (κ1) is 19.7. The van der Waals surface area contributed by atoms with Crippen molar-refractivity contribution in [1.82, 2.24) is 0 Å². The fourth-order valence-electron chi connectivity index (χ4n) is 2.68. The summed E-state index contributed by atoms with van der Waals surface area (Å²) in [6.07, 6.45) is -0.277. The molecule has 8 heteroatoms. The molecule has 0 spiro atoms. The number of hydrogen-bond donors (Lipinski definition) is 2. The van der Waals surface area contributed by atoms with E-state index in [1.165, 1.54) is 32.4 Å². The predicted octanol–water partition coefficient (Wildman–Crippen LogP) is 3.22. The molecule has 2 unspecified atom stereocenters. The first-order valence-corrected chi connectivity index (χ1v) is 7.80. The maximum Gasteiger partial charge on any atom is 0.419 e. The Balaban J connectivity index is 2.26. The van der Waals surface area contributed by atoms with E-state index in [1.807, 2.05) is 0 Å². The van der Waals surface area contributed by atoms with Crippen LogP contribution in [-0.4, -0.2) is 38.4 Å². The largest absolute Gasteiger partial charge is 0.492 e. The first-order chi connectivity index (χ1) is 12.3. The van der Waals surface area contributed by atoms with E-state index in [1.54, 1.807) is 18.2 Å². The molecule has 1 aliphatic carbocycles. The summed E-state index contributed by atoms with van der Waals surface area (Å²) in [5.41, 5.74) is 5.79. The van der Waals surface area contributed by atoms with E-state index in [-0.39, 0.29) is 23.9 Å². The standard InChI is InChI=1S/C18H20F3N3O2/c1-24-17(23)16(25-2)11-6-5-8-14(22)12(11)10-26-15-9-4-3-7-13(15)18(19,20)21/h3-9,12,16,22H,10H2,1-2H3,(H2,23,24). The Hall–Kier alpha value is -2.61. The molecule has 140 valence electrons. The van der Waals surface area contributed by atoms with Crippen LogP contribution in [0.5, 0.6) is 5.75 Å². The Morgan fingerprint density at radius 1 is 1.35 bits per heavy atom. The monoisotopic (exact) mass is 367 g/mol. The third-order valence-electron chi connectivity index (χ3n) is 4.01. The molecule has 0 aromatic heterocycles. The highest BCUT2D eigenvalue weighted by atomic mass is 19.4. The fourth-order valence-corrected chi connectivity index (χ4v) is 2.68. The second-order valence-corrected chi connectivity index (χ2v) is 5.60. The number of nitrogens with one attached hydrogen (secondary N) is 1. The van der Waals surface area contributed by atoms with Crippen molar-refractivity contribution >= 4 is 11.5 Å². The molecule has 0 amide bonds. The number of para-hydroxylation sites is 1. The van der Waals surface area contributed by atoms with Gasteiger partial charge in [0.2, 0.25) is 0 Å². The smallest absolute Gasteiger partial charge is 0.419 e. The Kier molecular flexibility index (Phi) is 6.20. The minimum atomic E-state index is -4.52. The minimum Gasteiger partial charge on any atom is -0.492 e. The molecule has 1 aliphatic rings. The third kappa shape index (κ3) is 4.32. The van der Waals surface area contributed by atoms with E-state index < -0.39 is 23.8 Å². The van der Waals surface area contributed by atoms with Crippen LogP contribution >= 0.6 is 0 Å². The van der Waals surface area contributed by atoms with E-state index in [0.29, 0.717) is 5.57 Å². The number of halogens is 3. The second-order valence-electron chi connectivity index (χ2n) is 5.60. The average molecular weight is 367 g/mol. The Labute approximate surface area is 149 Å². The van der Waals surface area contributed by atoms with Gasteiger partial charge in [0.25, 0.3) is 0 Å². The molecule has 0 radical (unpaired) electrons. The topological polar surface area (TPSA) is 80.7 Å². The van der Waals surface area contributed by atoms with Gasteiger partial charge in [-0.3, -0.25) is 4.99 Å². The molecule has 5 nitrogen and oxygen atoms in total. The van der Waals surface area contributed by atoms with Gasteiger partial charge in [-0.05, 0) is 23.8 Å². The lowest BCUT2D eigenvalue weighted by Gasteiger charge is -2.28. The summed E-state index contributed by atoms with van der Waals surface area (Å²) in [4.78, 5) is 3.90. The lowest BCUT2D eigenvalue weighted by Crippen LogP contribution is -2.39. The summed E-state index contributed by atoms with van der Waals surface area (Å²) in [6.45, 7) is -0.154. The SMILES string of the molecule is CN=C(N)C(OC)C1=CC=CC(=N)C1COc1ccccc1C(F)(F)F. The predicted molar refractivity (Wildman–Crippen MR) is 93.7 cm³/mol. The van der Waals surface area contributed by atoms with Gasteiger partial charge in [0.15, 0.2) is 0 Å². The van der Waals surface area contributed by atoms with E-state index >= 15 is 0 Å². The Morgan fingerprint density at radius 3 is 2.65 bits per heavy atom. The van der Waals surface area contributed by atoms with Crippen LogP contribution in [0.4, 0.5) is 13.2 Å². The van der Waals surface area contributed by atoms with Crippen molar-refractivity contribution in [1.29, 1.82) is 5.41 Å². The van der Waals surface area contributed by atoms with Gasteiger partial charge in [-0.1, -0.05) is 24.3 Å². The zero-order valence-electron chi connectivity index (χ0n) is 14.4. The number of amidine groups is 1. The Bertz CT molecular complexity index is 754. The molecule has 2 rings (SSSR count). The summed E-state index contributed by atoms with van der Waals surface area (Å²) in [7, 11) is 2.96. The minimum absolute atomic E-state index is 0.154. The van der Waals surface area contributed by atoms with Crippen LogP contribution in [0.3, 0.4) is 0 Å². The molecule has 2 atom stereocenters. The van der Waals surface area contributed by atoms with Crippen molar-refractivity contribution < 1.29 is 22.6 Å². The number of rotatable bonds is 6. The summed E-state index contributed by atoms with van der Waals surface area (Å²) in [6, 6.07) is 4.97. The number of nitrogens with two attached hydrogens (primary N) is 1. The molecule has 1 aromatic carbocycles. The molecule has 0 saturated heterocycles. The van der Waals surface area contributed by atoms with Gasteiger partial charge >= 0.3 is 6.18 Å². The summed E-state index contributed by atoms with van der Waals surface area (Å²) < 4.78 is 50.1. The van der Waals surface area contributed by atoms with Crippen molar-refractivity contribution in [2.24, 2.45) is 16.6 Å². The van der Waals surface area contributed by atoms with Crippen molar-refractivity contribution in [3.8, 4) is 5.75 Å². The number of allylic oxidation sites excluding steroid dienone is 3. The molecule has 0 heterocycles. The highest BCUT2D eigenvalue weighted by molar-refractivity contribution is 6.00. The molecule has 1 aromatic rings. The van der Waals surface area contributed by atoms with Gasteiger partial charge in [-0.15, -0.1) is 0 Å². The number of ether oxygens (including phenoxy) is 2. The zero-order chi connectivity index (χ0) is 19.3. The van der Waals surface area contributed by atoms with Gasteiger partial charge in [0, 0.05) is 19.9 Å². The number of methoxy groups -OCH3 is 1. The van der Waals surface area contributed by atoms with Gasteiger partial charge in [0.05, 0.1) is 11.5 Å². The molecular weight excluding hydrogens is 347 g/mol. The molecular formula is C18H20F3N3O2.